The molecule has 0 bridgehead atoms. The summed E-state index contributed by atoms with van der Waals surface area (Å²) in [5, 5.41) is 12.1. The van der Waals surface area contributed by atoms with Gasteiger partial charge in [-0.1, -0.05) is 42.5 Å². The number of amides is 2. The number of non-ortho nitro benzene ring substituents is 1. The van der Waals surface area contributed by atoms with E-state index in [0.29, 0.717) is 23.5 Å². The number of hydrogen-bond acceptors (Lipinski definition) is 6. The van der Waals surface area contributed by atoms with Crippen LogP contribution in [0.2, 0.25) is 0 Å². The molecule has 37 heavy (non-hydrogen) atoms. The molecule has 0 saturated carbocycles. The van der Waals surface area contributed by atoms with Crippen molar-refractivity contribution in [1.82, 2.24) is 10.4 Å². The molecule has 1 aliphatic heterocycles. The average Bonchev–Trinajstić information content (AvgIpc) is 3.20. The number of nitrogens with one attached hydrogen (secondary N) is 1. The van der Waals surface area contributed by atoms with Gasteiger partial charge in [0.15, 0.2) is 5.84 Å². The molecule has 3 aromatic carbocycles. The van der Waals surface area contributed by atoms with E-state index in [1.54, 1.807) is 38.1 Å². The Labute approximate surface area is 214 Å². The summed E-state index contributed by atoms with van der Waals surface area (Å²) in [5.41, 5.74) is 3.76. The van der Waals surface area contributed by atoms with Crippen LogP contribution in [0.3, 0.4) is 0 Å². The van der Waals surface area contributed by atoms with Crippen LogP contribution in [0.25, 0.3) is 6.08 Å². The summed E-state index contributed by atoms with van der Waals surface area (Å²) in [6, 6.07) is 22.1. The van der Waals surface area contributed by atoms with Crippen LogP contribution in [-0.2, 0) is 15.0 Å². The van der Waals surface area contributed by atoms with Gasteiger partial charge in [0.05, 0.1) is 16.9 Å². The molecule has 0 aromatic heterocycles. The summed E-state index contributed by atoms with van der Waals surface area (Å²) in [7, 11) is 0. The van der Waals surface area contributed by atoms with Crippen LogP contribution in [0.5, 0.6) is 5.75 Å². The number of hydrazine groups is 1. The highest BCUT2D eigenvalue weighted by Gasteiger charge is 2.37. The van der Waals surface area contributed by atoms with E-state index in [0.717, 1.165) is 10.6 Å². The number of nitro benzene ring substituents is 1. The Kier molecular flexibility index (Phi) is 7.15. The topological polar surface area (TPSA) is 114 Å². The maximum absolute atomic E-state index is 13.4. The van der Waals surface area contributed by atoms with Crippen LogP contribution >= 0.6 is 0 Å². The first-order valence-corrected chi connectivity index (χ1v) is 11.7. The van der Waals surface area contributed by atoms with Crippen molar-refractivity contribution in [3.8, 4) is 5.75 Å². The number of benzene rings is 3. The maximum Gasteiger partial charge on any atom is 0.297 e. The molecule has 2 amide bonds. The van der Waals surface area contributed by atoms with E-state index in [1.807, 2.05) is 37.3 Å². The number of amidine groups is 1. The number of rotatable bonds is 8. The average molecular weight is 499 g/mol. The summed E-state index contributed by atoms with van der Waals surface area (Å²) < 4.78 is 5.49. The Morgan fingerprint density at radius 1 is 1.05 bits per heavy atom. The molecule has 0 aliphatic carbocycles. The molecule has 188 valence electrons. The highest BCUT2D eigenvalue weighted by atomic mass is 16.6. The van der Waals surface area contributed by atoms with Gasteiger partial charge in [0.25, 0.3) is 11.6 Å². The number of nitro groups is 1. The Morgan fingerprint density at radius 3 is 2.30 bits per heavy atom. The highest BCUT2D eigenvalue weighted by Crippen LogP contribution is 2.27. The lowest BCUT2D eigenvalue weighted by molar-refractivity contribution is -0.384. The van der Waals surface area contributed by atoms with E-state index < -0.39 is 22.2 Å². The van der Waals surface area contributed by atoms with Crippen LogP contribution in [0.15, 0.2) is 89.6 Å². The van der Waals surface area contributed by atoms with Crippen molar-refractivity contribution in [3.63, 3.8) is 0 Å². The molecule has 0 fully saturated rings. The highest BCUT2D eigenvalue weighted by molar-refractivity contribution is 6.20. The molecule has 4 rings (SSSR count). The van der Waals surface area contributed by atoms with Gasteiger partial charge >= 0.3 is 0 Å². The van der Waals surface area contributed by atoms with Crippen molar-refractivity contribution in [2.75, 3.05) is 6.61 Å². The normalized spacial score (nSPS) is 14.5. The van der Waals surface area contributed by atoms with Crippen LogP contribution < -0.4 is 10.2 Å². The lowest BCUT2D eigenvalue weighted by Gasteiger charge is -2.28. The van der Waals surface area contributed by atoms with E-state index in [9.17, 15) is 19.7 Å². The second kappa shape index (κ2) is 10.4. The fourth-order valence-corrected chi connectivity index (χ4v) is 3.76. The zero-order valence-corrected chi connectivity index (χ0v) is 20.7. The third kappa shape index (κ3) is 5.40. The molecule has 1 N–H and O–H groups in total. The second-order valence-corrected chi connectivity index (χ2v) is 8.84. The standard InChI is InChI=1S/C28H26N4O5/c1-4-37-23-16-12-21(13-17-23)28(2,3)27(34)30-31-25(20-8-6-5-7-9-20)29-24(26(31)33)18-19-10-14-22(15-11-19)32(35)36/h5-18H,4H2,1-3H3,(H,30,34)/b24-18-. The molecular formula is C28H26N4O5. The Hall–Kier alpha value is -4.79. The summed E-state index contributed by atoms with van der Waals surface area (Å²) in [6.07, 6.45) is 1.53. The van der Waals surface area contributed by atoms with Gasteiger partial charge < -0.3 is 4.74 Å². The van der Waals surface area contributed by atoms with Crippen molar-refractivity contribution >= 4 is 29.4 Å². The minimum Gasteiger partial charge on any atom is -0.494 e. The van der Waals surface area contributed by atoms with Gasteiger partial charge in [-0.25, -0.2) is 4.99 Å². The van der Waals surface area contributed by atoms with Crippen molar-refractivity contribution in [3.05, 3.63) is 111 Å². The van der Waals surface area contributed by atoms with Crippen molar-refractivity contribution in [2.45, 2.75) is 26.2 Å². The quantitative estimate of drug-likeness (QED) is 0.276. The van der Waals surface area contributed by atoms with Crippen LogP contribution in [0.1, 0.15) is 37.5 Å². The molecule has 3 aromatic rings. The van der Waals surface area contributed by atoms with Crippen LogP contribution in [0.4, 0.5) is 5.69 Å². The molecule has 1 aliphatic rings. The Bertz CT molecular complexity index is 1380. The molecule has 0 radical (unpaired) electrons. The maximum atomic E-state index is 13.4. The van der Waals surface area contributed by atoms with Gasteiger partial charge in [0.2, 0.25) is 5.91 Å². The first-order valence-electron chi connectivity index (χ1n) is 11.7. The van der Waals surface area contributed by atoms with Crippen LogP contribution in [-0.4, -0.2) is 34.2 Å². The van der Waals surface area contributed by atoms with Gasteiger partial charge in [0, 0.05) is 17.7 Å². The van der Waals surface area contributed by atoms with Gasteiger partial charge in [-0.3, -0.25) is 25.1 Å². The summed E-state index contributed by atoms with van der Waals surface area (Å²) in [5.74, 6) is 0.0598. The van der Waals surface area contributed by atoms with Crippen molar-refractivity contribution < 1.29 is 19.2 Å². The lowest BCUT2D eigenvalue weighted by Crippen LogP contribution is -2.52. The number of nitrogens with zero attached hydrogens (tertiary/aromatic N) is 3. The Balaban J connectivity index is 1.63. The Morgan fingerprint density at radius 2 is 1.70 bits per heavy atom. The smallest absolute Gasteiger partial charge is 0.297 e. The van der Waals surface area contributed by atoms with E-state index in [4.69, 9.17) is 4.74 Å². The van der Waals surface area contributed by atoms with E-state index in [2.05, 4.69) is 10.4 Å². The molecule has 9 heteroatoms. The minimum absolute atomic E-state index is 0.0567. The largest absolute Gasteiger partial charge is 0.494 e. The number of hydrogen-bond donors (Lipinski definition) is 1. The fourth-order valence-electron chi connectivity index (χ4n) is 3.76. The molecule has 0 saturated heterocycles. The SMILES string of the molecule is CCOc1ccc(C(C)(C)C(=O)NN2C(=O)/C(=C/c3ccc([N+](=O)[O-])cc3)N=C2c2ccccc2)cc1. The molecule has 1 heterocycles. The summed E-state index contributed by atoms with van der Waals surface area (Å²) in [6.45, 7) is 5.98. The van der Waals surface area contributed by atoms with Gasteiger partial charge in [-0.2, -0.15) is 5.01 Å². The van der Waals surface area contributed by atoms with Crippen LogP contribution in [0, 0.1) is 10.1 Å². The molecule has 0 spiro atoms. The zero-order chi connectivity index (χ0) is 26.6. The summed E-state index contributed by atoms with van der Waals surface area (Å²) >= 11 is 0. The van der Waals surface area contributed by atoms with E-state index in [1.165, 1.54) is 30.3 Å². The first-order chi connectivity index (χ1) is 17.7. The predicted octanol–water partition coefficient (Wildman–Crippen LogP) is 4.63. The van der Waals surface area contributed by atoms with Gasteiger partial charge in [-0.15, -0.1) is 0 Å². The minimum atomic E-state index is -0.975. The molecule has 0 atom stereocenters. The number of carbonyl (C=O) groups excluding carboxylic acids is 2. The molecular weight excluding hydrogens is 472 g/mol. The lowest BCUT2D eigenvalue weighted by atomic mass is 9.84. The zero-order valence-electron chi connectivity index (χ0n) is 20.7. The van der Waals surface area contributed by atoms with Crippen molar-refractivity contribution in [1.29, 1.82) is 0 Å². The third-order valence-electron chi connectivity index (χ3n) is 5.97. The predicted molar refractivity (Wildman–Crippen MR) is 140 cm³/mol. The van der Waals surface area contributed by atoms with E-state index in [-0.39, 0.29) is 17.2 Å². The van der Waals surface area contributed by atoms with Crippen molar-refractivity contribution in [2.24, 2.45) is 4.99 Å². The monoisotopic (exact) mass is 498 g/mol. The number of aliphatic imine (C=N–C) groups is 1. The van der Waals surface area contributed by atoms with Gasteiger partial charge in [-0.05, 0) is 62.2 Å². The number of carbonyl (C=O) groups is 2. The molecule has 0 unspecified atom stereocenters. The third-order valence-corrected chi connectivity index (χ3v) is 5.97. The fraction of sp³-hybridized carbons (Fsp3) is 0.179. The number of ether oxygens (including phenoxy) is 1. The van der Waals surface area contributed by atoms with Gasteiger partial charge in [0.1, 0.15) is 11.4 Å². The van der Waals surface area contributed by atoms with E-state index >= 15 is 0 Å². The first kappa shape index (κ1) is 25.3. The second-order valence-electron chi connectivity index (χ2n) is 8.84. The summed E-state index contributed by atoms with van der Waals surface area (Å²) in [4.78, 5) is 41.8. The molecule has 9 nitrogen and oxygen atoms in total.